The molecule has 0 heterocycles. The van der Waals surface area contributed by atoms with Gasteiger partial charge in [-0.05, 0) is 12.8 Å². The average Bonchev–Trinajstić information content (AvgIpc) is 2.27. The predicted molar refractivity (Wildman–Crippen MR) is 69.4 cm³/mol. The van der Waals surface area contributed by atoms with Crippen molar-refractivity contribution in [1.29, 1.82) is 0 Å². The number of hydrogen-bond donors (Lipinski definition) is 2. The molecule has 0 spiro atoms. The molecule has 0 radical (unpaired) electrons. The maximum Gasteiger partial charge on any atom is 0.0721 e. The van der Waals surface area contributed by atoms with Crippen molar-refractivity contribution in [3.05, 3.63) is 12.2 Å². The standard InChI is InChI=1S/C14H28O2/c1-3-5-7-9-13(15)11-12-14(16)10-8-6-4-2/h11-16H,3-10H2,1-2H3/b12-11-/t13-,14-/m1/s1. The Hall–Kier alpha value is -0.340. The Balaban J connectivity index is 3.54. The van der Waals surface area contributed by atoms with Crippen LogP contribution >= 0.6 is 0 Å². The maximum absolute atomic E-state index is 9.60. The fourth-order valence-electron chi connectivity index (χ4n) is 1.66. The van der Waals surface area contributed by atoms with E-state index in [1.807, 2.05) is 0 Å². The molecule has 0 aromatic carbocycles. The fraction of sp³-hybridized carbons (Fsp3) is 0.857. The Morgan fingerprint density at radius 2 is 1.12 bits per heavy atom. The van der Waals surface area contributed by atoms with Gasteiger partial charge < -0.3 is 10.2 Å². The predicted octanol–water partition coefficient (Wildman–Crippen LogP) is 3.43. The topological polar surface area (TPSA) is 40.5 Å². The third-order valence-electron chi connectivity index (χ3n) is 2.76. The minimum absolute atomic E-state index is 0.382. The van der Waals surface area contributed by atoms with Gasteiger partial charge in [-0.1, -0.05) is 64.5 Å². The molecule has 0 aromatic rings. The number of hydrogen-bond acceptors (Lipinski definition) is 2. The molecule has 2 nitrogen and oxygen atoms in total. The normalized spacial score (nSPS) is 15.5. The molecule has 0 rings (SSSR count). The molecule has 2 atom stereocenters. The highest BCUT2D eigenvalue weighted by atomic mass is 16.3. The molecule has 0 fully saturated rings. The van der Waals surface area contributed by atoms with Gasteiger partial charge in [-0.2, -0.15) is 0 Å². The van der Waals surface area contributed by atoms with E-state index in [0.29, 0.717) is 0 Å². The lowest BCUT2D eigenvalue weighted by Crippen LogP contribution is -2.06. The molecule has 0 amide bonds. The second-order valence-corrected chi connectivity index (χ2v) is 4.51. The minimum Gasteiger partial charge on any atom is -0.389 e. The zero-order valence-corrected chi connectivity index (χ0v) is 10.9. The molecule has 0 aromatic heterocycles. The van der Waals surface area contributed by atoms with Crippen LogP contribution < -0.4 is 0 Å². The fourth-order valence-corrected chi connectivity index (χ4v) is 1.66. The van der Waals surface area contributed by atoms with Crippen LogP contribution in [0.1, 0.15) is 65.2 Å². The number of aliphatic hydroxyl groups excluding tert-OH is 2. The first kappa shape index (κ1) is 15.7. The highest BCUT2D eigenvalue weighted by Crippen LogP contribution is 2.07. The molecular weight excluding hydrogens is 200 g/mol. The Morgan fingerprint density at radius 1 is 0.750 bits per heavy atom. The SMILES string of the molecule is CCCCC[C@@H](O)/C=C\[C@H](O)CCCCC. The number of unbranched alkanes of at least 4 members (excludes halogenated alkanes) is 4. The van der Waals surface area contributed by atoms with Crippen molar-refractivity contribution >= 4 is 0 Å². The van der Waals surface area contributed by atoms with E-state index in [1.54, 1.807) is 12.2 Å². The van der Waals surface area contributed by atoms with Crippen molar-refractivity contribution in [2.24, 2.45) is 0 Å². The van der Waals surface area contributed by atoms with Crippen LogP contribution in [-0.4, -0.2) is 22.4 Å². The lowest BCUT2D eigenvalue weighted by Gasteiger charge is -2.07. The van der Waals surface area contributed by atoms with E-state index in [2.05, 4.69) is 13.8 Å². The third kappa shape index (κ3) is 10.2. The zero-order valence-electron chi connectivity index (χ0n) is 10.9. The number of aliphatic hydroxyl groups is 2. The first-order valence-electron chi connectivity index (χ1n) is 6.75. The molecule has 16 heavy (non-hydrogen) atoms. The Bertz CT molecular complexity index is 148. The summed E-state index contributed by atoms with van der Waals surface area (Å²) in [5, 5.41) is 19.2. The van der Waals surface area contributed by atoms with Crippen molar-refractivity contribution in [2.45, 2.75) is 77.4 Å². The van der Waals surface area contributed by atoms with Crippen molar-refractivity contribution < 1.29 is 10.2 Å². The van der Waals surface area contributed by atoms with Crippen LogP contribution in [0.4, 0.5) is 0 Å². The molecule has 0 aliphatic rings. The van der Waals surface area contributed by atoms with Crippen LogP contribution in [0.3, 0.4) is 0 Å². The van der Waals surface area contributed by atoms with Crippen LogP contribution in [0.15, 0.2) is 12.2 Å². The van der Waals surface area contributed by atoms with E-state index >= 15 is 0 Å². The zero-order chi connectivity index (χ0) is 12.2. The lowest BCUT2D eigenvalue weighted by molar-refractivity contribution is 0.192. The van der Waals surface area contributed by atoms with Gasteiger partial charge in [-0.3, -0.25) is 0 Å². The van der Waals surface area contributed by atoms with Crippen molar-refractivity contribution in [1.82, 2.24) is 0 Å². The quantitative estimate of drug-likeness (QED) is 0.444. The maximum atomic E-state index is 9.60. The van der Waals surface area contributed by atoms with Gasteiger partial charge in [-0.15, -0.1) is 0 Å². The van der Waals surface area contributed by atoms with E-state index in [-0.39, 0.29) is 12.2 Å². The Labute approximate surface area is 100 Å². The van der Waals surface area contributed by atoms with Crippen LogP contribution in [0.25, 0.3) is 0 Å². The van der Waals surface area contributed by atoms with Crippen LogP contribution in [-0.2, 0) is 0 Å². The van der Waals surface area contributed by atoms with Gasteiger partial charge in [0.2, 0.25) is 0 Å². The Kier molecular flexibility index (Phi) is 10.9. The molecule has 0 aliphatic carbocycles. The average molecular weight is 228 g/mol. The lowest BCUT2D eigenvalue weighted by atomic mass is 10.1. The third-order valence-corrected chi connectivity index (χ3v) is 2.76. The molecule has 0 bridgehead atoms. The monoisotopic (exact) mass is 228 g/mol. The summed E-state index contributed by atoms with van der Waals surface area (Å²) in [4.78, 5) is 0. The molecule has 96 valence electrons. The van der Waals surface area contributed by atoms with Gasteiger partial charge in [0.15, 0.2) is 0 Å². The number of rotatable bonds is 10. The first-order chi connectivity index (χ1) is 7.70. The van der Waals surface area contributed by atoms with E-state index in [1.165, 1.54) is 25.7 Å². The first-order valence-corrected chi connectivity index (χ1v) is 6.75. The van der Waals surface area contributed by atoms with E-state index in [4.69, 9.17) is 0 Å². The summed E-state index contributed by atoms with van der Waals surface area (Å²) in [5.74, 6) is 0. The van der Waals surface area contributed by atoms with Crippen LogP contribution in [0.5, 0.6) is 0 Å². The summed E-state index contributed by atoms with van der Waals surface area (Å²) in [6.45, 7) is 4.30. The van der Waals surface area contributed by atoms with Gasteiger partial charge in [0.1, 0.15) is 0 Å². The van der Waals surface area contributed by atoms with Gasteiger partial charge in [-0.25, -0.2) is 0 Å². The molecular formula is C14H28O2. The smallest absolute Gasteiger partial charge is 0.0721 e. The molecule has 0 saturated heterocycles. The van der Waals surface area contributed by atoms with E-state index in [0.717, 1.165) is 25.7 Å². The van der Waals surface area contributed by atoms with Gasteiger partial charge >= 0.3 is 0 Å². The highest BCUT2D eigenvalue weighted by Gasteiger charge is 2.01. The van der Waals surface area contributed by atoms with Gasteiger partial charge in [0.25, 0.3) is 0 Å². The van der Waals surface area contributed by atoms with Crippen LogP contribution in [0, 0.1) is 0 Å². The Morgan fingerprint density at radius 3 is 1.44 bits per heavy atom. The van der Waals surface area contributed by atoms with Crippen molar-refractivity contribution in [2.75, 3.05) is 0 Å². The molecule has 0 aliphatic heterocycles. The summed E-state index contributed by atoms with van der Waals surface area (Å²) < 4.78 is 0. The summed E-state index contributed by atoms with van der Waals surface area (Å²) in [5.41, 5.74) is 0. The minimum atomic E-state index is -0.382. The summed E-state index contributed by atoms with van der Waals surface area (Å²) in [7, 11) is 0. The molecule has 0 unspecified atom stereocenters. The summed E-state index contributed by atoms with van der Waals surface area (Å²) in [6, 6.07) is 0. The summed E-state index contributed by atoms with van der Waals surface area (Å²) >= 11 is 0. The largest absolute Gasteiger partial charge is 0.389 e. The van der Waals surface area contributed by atoms with Crippen molar-refractivity contribution in [3.8, 4) is 0 Å². The van der Waals surface area contributed by atoms with Crippen LogP contribution in [0.2, 0.25) is 0 Å². The highest BCUT2D eigenvalue weighted by molar-refractivity contribution is 4.93. The molecule has 0 saturated carbocycles. The van der Waals surface area contributed by atoms with E-state index in [9.17, 15) is 10.2 Å². The summed E-state index contributed by atoms with van der Waals surface area (Å²) in [6.07, 6.45) is 11.2. The van der Waals surface area contributed by atoms with E-state index < -0.39 is 0 Å². The molecule has 2 N–H and O–H groups in total. The second-order valence-electron chi connectivity index (χ2n) is 4.51. The van der Waals surface area contributed by atoms with Crippen molar-refractivity contribution in [3.63, 3.8) is 0 Å². The second kappa shape index (κ2) is 11.2. The van der Waals surface area contributed by atoms with Gasteiger partial charge in [0.05, 0.1) is 12.2 Å². The molecule has 2 heteroatoms. The van der Waals surface area contributed by atoms with Gasteiger partial charge in [0, 0.05) is 0 Å².